The summed E-state index contributed by atoms with van der Waals surface area (Å²) in [5.41, 5.74) is 10.4. The Morgan fingerprint density at radius 3 is 2.46 bits per heavy atom. The zero-order chi connectivity index (χ0) is 17.3. The van der Waals surface area contributed by atoms with Crippen LogP contribution in [-0.2, 0) is 13.5 Å². The molecular weight excluding hydrogens is 320 g/mol. The third-order valence-electron chi connectivity index (χ3n) is 4.33. The number of aromatic hydroxyl groups is 1. The van der Waals surface area contributed by atoms with E-state index in [1.165, 1.54) is 0 Å². The lowest BCUT2D eigenvalue weighted by Crippen LogP contribution is -1.99. The van der Waals surface area contributed by atoms with Crippen molar-refractivity contribution in [3.63, 3.8) is 0 Å². The van der Waals surface area contributed by atoms with Gasteiger partial charge in [0.05, 0.1) is 16.3 Å². The number of rotatable bonds is 4. The van der Waals surface area contributed by atoms with Crippen LogP contribution in [0.5, 0.6) is 5.75 Å². The van der Waals surface area contributed by atoms with Gasteiger partial charge in [0.15, 0.2) is 5.75 Å². The van der Waals surface area contributed by atoms with Crippen LogP contribution in [0.1, 0.15) is 18.9 Å². The molecule has 0 fully saturated rings. The number of nitrogens with two attached hydrogens (primary N) is 1. The number of anilines is 1. The van der Waals surface area contributed by atoms with Crippen molar-refractivity contribution in [2.75, 3.05) is 5.73 Å². The molecule has 0 saturated carbocycles. The highest BCUT2D eigenvalue weighted by molar-refractivity contribution is 6.34. The molecule has 0 spiro atoms. The Morgan fingerprint density at radius 1 is 1.08 bits per heavy atom. The van der Waals surface area contributed by atoms with Gasteiger partial charge in [-0.2, -0.15) is 0 Å². The summed E-state index contributed by atoms with van der Waals surface area (Å²) in [7, 11) is 1.85. The van der Waals surface area contributed by atoms with Crippen molar-refractivity contribution in [1.29, 1.82) is 0 Å². The molecule has 3 N–H and O–H groups in total. The van der Waals surface area contributed by atoms with Gasteiger partial charge >= 0.3 is 0 Å². The molecule has 4 heteroatoms. The van der Waals surface area contributed by atoms with E-state index in [0.717, 1.165) is 29.5 Å². The largest absolute Gasteiger partial charge is 0.505 e. The Morgan fingerprint density at radius 2 is 1.79 bits per heavy atom. The Balaban J connectivity index is 2.23. The summed E-state index contributed by atoms with van der Waals surface area (Å²) in [6.07, 6.45) is 1.90. The summed E-state index contributed by atoms with van der Waals surface area (Å²) in [5.74, 6) is 0.665. The fourth-order valence-electron chi connectivity index (χ4n) is 3.11. The second-order valence-corrected chi connectivity index (χ2v) is 6.29. The van der Waals surface area contributed by atoms with Crippen LogP contribution in [0.15, 0.2) is 48.5 Å². The van der Waals surface area contributed by atoms with Gasteiger partial charge in [-0.3, -0.25) is 0 Å². The summed E-state index contributed by atoms with van der Waals surface area (Å²) in [4.78, 5) is 0. The molecule has 2 aromatic carbocycles. The van der Waals surface area contributed by atoms with Gasteiger partial charge in [-0.1, -0.05) is 73.5 Å². The normalized spacial score (nSPS) is 11.0. The van der Waals surface area contributed by atoms with Gasteiger partial charge in [0.2, 0.25) is 0 Å². The molecule has 0 aliphatic heterocycles. The highest BCUT2D eigenvalue weighted by Gasteiger charge is 2.23. The van der Waals surface area contributed by atoms with Crippen molar-refractivity contribution in [3.8, 4) is 28.1 Å². The minimum absolute atomic E-state index is 0.164. The fraction of sp³-hybridized carbons (Fsp3) is 0.200. The summed E-state index contributed by atoms with van der Waals surface area (Å²) in [6.45, 7) is 2.12. The van der Waals surface area contributed by atoms with Crippen molar-refractivity contribution in [2.45, 2.75) is 19.8 Å². The second-order valence-electron chi connectivity index (χ2n) is 5.91. The van der Waals surface area contributed by atoms with Gasteiger partial charge in [0.25, 0.3) is 0 Å². The van der Waals surface area contributed by atoms with Crippen molar-refractivity contribution in [3.05, 3.63) is 59.1 Å². The zero-order valence-corrected chi connectivity index (χ0v) is 14.6. The average molecular weight is 341 g/mol. The topological polar surface area (TPSA) is 51.2 Å². The van der Waals surface area contributed by atoms with Gasteiger partial charge in [0, 0.05) is 18.2 Å². The van der Waals surface area contributed by atoms with E-state index in [1.807, 2.05) is 60.1 Å². The van der Waals surface area contributed by atoms with Crippen LogP contribution in [0.4, 0.5) is 5.82 Å². The highest BCUT2D eigenvalue weighted by atomic mass is 35.5. The zero-order valence-electron chi connectivity index (χ0n) is 13.9. The number of hydrogen-bond acceptors (Lipinski definition) is 2. The minimum atomic E-state index is 0.164. The van der Waals surface area contributed by atoms with Crippen molar-refractivity contribution in [2.24, 2.45) is 7.05 Å². The van der Waals surface area contributed by atoms with Gasteiger partial charge in [-0.05, 0) is 12.0 Å². The fourth-order valence-corrected chi connectivity index (χ4v) is 3.43. The van der Waals surface area contributed by atoms with Crippen LogP contribution in [0.3, 0.4) is 0 Å². The van der Waals surface area contributed by atoms with E-state index < -0.39 is 0 Å². The van der Waals surface area contributed by atoms with E-state index in [2.05, 4.69) is 6.92 Å². The Bertz CT molecular complexity index is 869. The van der Waals surface area contributed by atoms with Crippen LogP contribution in [0.2, 0.25) is 5.02 Å². The Labute approximate surface area is 147 Å². The van der Waals surface area contributed by atoms with Crippen LogP contribution in [-0.4, -0.2) is 9.67 Å². The standard InChI is InChI=1S/C20H21ClN2O/c1-3-8-13-11-7-12-15(17(13)21)16-19(24)18(23(2)20(16)22)14-9-5-4-6-10-14/h4-7,9-12,24H,3,8,22H2,1-2H3. The maximum absolute atomic E-state index is 10.9. The number of nitrogen functional groups attached to an aromatic ring is 1. The van der Waals surface area contributed by atoms with E-state index in [1.54, 1.807) is 0 Å². The maximum atomic E-state index is 10.9. The van der Waals surface area contributed by atoms with Crippen molar-refractivity contribution < 1.29 is 5.11 Å². The van der Waals surface area contributed by atoms with Crippen LogP contribution in [0, 0.1) is 0 Å². The first-order chi connectivity index (χ1) is 11.6. The molecular formula is C20H21ClN2O. The van der Waals surface area contributed by atoms with Crippen LogP contribution < -0.4 is 5.73 Å². The maximum Gasteiger partial charge on any atom is 0.151 e. The van der Waals surface area contributed by atoms with Gasteiger partial charge in [-0.25, -0.2) is 0 Å². The first-order valence-corrected chi connectivity index (χ1v) is 8.44. The molecule has 3 rings (SSSR count). The summed E-state index contributed by atoms with van der Waals surface area (Å²) in [5, 5.41) is 11.5. The van der Waals surface area contributed by atoms with E-state index in [4.69, 9.17) is 17.3 Å². The lowest BCUT2D eigenvalue weighted by atomic mass is 10.0. The predicted octanol–water partition coefficient (Wildman–Crippen LogP) is 5.25. The molecule has 124 valence electrons. The van der Waals surface area contributed by atoms with Crippen molar-refractivity contribution >= 4 is 17.4 Å². The summed E-state index contributed by atoms with van der Waals surface area (Å²) < 4.78 is 1.81. The molecule has 0 bridgehead atoms. The number of aryl methyl sites for hydroxylation is 1. The molecule has 0 unspecified atom stereocenters. The Kier molecular flexibility index (Phi) is 4.54. The first-order valence-electron chi connectivity index (χ1n) is 8.06. The number of aromatic nitrogens is 1. The van der Waals surface area contributed by atoms with Crippen LogP contribution in [0.25, 0.3) is 22.4 Å². The summed E-state index contributed by atoms with van der Waals surface area (Å²) >= 11 is 6.60. The average Bonchev–Trinajstić information content (AvgIpc) is 2.80. The lowest BCUT2D eigenvalue weighted by Gasteiger charge is -2.09. The predicted molar refractivity (Wildman–Crippen MR) is 101 cm³/mol. The molecule has 3 nitrogen and oxygen atoms in total. The number of benzene rings is 2. The molecule has 3 aromatic rings. The number of nitrogens with zero attached hydrogens (tertiary/aromatic N) is 1. The van der Waals surface area contributed by atoms with Gasteiger partial charge in [-0.15, -0.1) is 0 Å². The minimum Gasteiger partial charge on any atom is -0.505 e. The SMILES string of the molecule is CCCc1cccc(-c2c(O)c(-c3ccccc3)n(C)c2N)c1Cl. The smallest absolute Gasteiger partial charge is 0.151 e. The third kappa shape index (κ3) is 2.65. The number of hydrogen-bond donors (Lipinski definition) is 2. The highest BCUT2D eigenvalue weighted by Crippen LogP contribution is 2.46. The molecule has 0 aliphatic carbocycles. The molecule has 0 radical (unpaired) electrons. The number of halogens is 1. The second kappa shape index (κ2) is 6.62. The third-order valence-corrected chi connectivity index (χ3v) is 4.77. The Hall–Kier alpha value is -2.39. The van der Waals surface area contributed by atoms with Crippen LogP contribution >= 0.6 is 11.6 Å². The van der Waals surface area contributed by atoms with E-state index in [-0.39, 0.29) is 5.75 Å². The molecule has 24 heavy (non-hydrogen) atoms. The van der Waals surface area contributed by atoms with Gasteiger partial charge < -0.3 is 15.4 Å². The lowest BCUT2D eigenvalue weighted by molar-refractivity contribution is 0.479. The van der Waals surface area contributed by atoms with E-state index in [9.17, 15) is 5.11 Å². The van der Waals surface area contributed by atoms with E-state index in [0.29, 0.717) is 22.1 Å². The molecule has 1 heterocycles. The molecule has 0 amide bonds. The van der Waals surface area contributed by atoms with E-state index >= 15 is 0 Å². The molecule has 0 saturated heterocycles. The van der Waals surface area contributed by atoms with Gasteiger partial charge in [0.1, 0.15) is 5.82 Å². The molecule has 0 atom stereocenters. The van der Waals surface area contributed by atoms with Crippen molar-refractivity contribution in [1.82, 2.24) is 4.57 Å². The molecule has 1 aromatic heterocycles. The molecule has 0 aliphatic rings. The first kappa shape index (κ1) is 16.5. The monoisotopic (exact) mass is 340 g/mol. The quantitative estimate of drug-likeness (QED) is 0.681. The summed E-state index contributed by atoms with van der Waals surface area (Å²) in [6, 6.07) is 15.6.